The van der Waals surface area contributed by atoms with Crippen molar-refractivity contribution in [1.82, 2.24) is 15.1 Å². The lowest BCUT2D eigenvalue weighted by Gasteiger charge is -2.31. The first kappa shape index (κ1) is 16.1. The van der Waals surface area contributed by atoms with E-state index in [0.29, 0.717) is 11.1 Å². The summed E-state index contributed by atoms with van der Waals surface area (Å²) in [6, 6.07) is 6.04. The number of nitrogens with zero attached hydrogens (tertiary/aromatic N) is 2. The normalized spacial score (nSPS) is 18.4. The van der Waals surface area contributed by atoms with Crippen molar-refractivity contribution >= 4 is 23.2 Å². The Morgan fingerprint density at radius 1 is 1.30 bits per heavy atom. The largest absolute Gasteiger partial charge is 0.314 e. The lowest BCUT2D eigenvalue weighted by atomic mass is 10.1. The third-order valence-electron chi connectivity index (χ3n) is 4.05. The molecule has 20 heavy (non-hydrogen) atoms. The molecule has 1 aromatic rings. The van der Waals surface area contributed by atoms with Gasteiger partial charge in [-0.25, -0.2) is 0 Å². The Kier molecular flexibility index (Phi) is 6.12. The molecular weight excluding hydrogens is 293 g/mol. The molecule has 1 N–H and O–H groups in total. The quantitative estimate of drug-likeness (QED) is 0.901. The van der Waals surface area contributed by atoms with Crippen LogP contribution in [0.1, 0.15) is 18.5 Å². The van der Waals surface area contributed by atoms with Crippen LogP contribution in [0.15, 0.2) is 18.2 Å². The van der Waals surface area contributed by atoms with Gasteiger partial charge in [-0.2, -0.15) is 0 Å². The Labute approximate surface area is 131 Å². The monoisotopic (exact) mass is 315 g/mol. The Morgan fingerprint density at radius 2 is 2.00 bits per heavy atom. The maximum absolute atomic E-state index is 6.29. The maximum atomic E-state index is 6.29. The zero-order valence-corrected chi connectivity index (χ0v) is 13.7. The highest BCUT2D eigenvalue weighted by Gasteiger charge is 2.16. The van der Waals surface area contributed by atoms with Gasteiger partial charge in [-0.15, -0.1) is 0 Å². The molecule has 3 nitrogen and oxygen atoms in total. The lowest BCUT2D eigenvalue weighted by molar-refractivity contribution is 0.183. The summed E-state index contributed by atoms with van der Waals surface area (Å²) in [7, 11) is 2.15. The summed E-state index contributed by atoms with van der Waals surface area (Å²) >= 11 is 12.2. The van der Waals surface area contributed by atoms with Crippen LogP contribution in [0.25, 0.3) is 0 Å². The minimum atomic E-state index is 0.294. The van der Waals surface area contributed by atoms with E-state index in [1.165, 1.54) is 0 Å². The van der Waals surface area contributed by atoms with Gasteiger partial charge in [0.15, 0.2) is 0 Å². The topological polar surface area (TPSA) is 18.5 Å². The van der Waals surface area contributed by atoms with E-state index in [1.54, 1.807) is 0 Å². The highest BCUT2D eigenvalue weighted by molar-refractivity contribution is 6.35. The molecule has 5 heteroatoms. The molecule has 1 atom stereocenters. The van der Waals surface area contributed by atoms with Gasteiger partial charge in [0.05, 0.1) is 0 Å². The van der Waals surface area contributed by atoms with Crippen molar-refractivity contribution in [1.29, 1.82) is 0 Å². The Hall–Kier alpha value is -0.320. The highest BCUT2D eigenvalue weighted by Crippen LogP contribution is 2.28. The van der Waals surface area contributed by atoms with E-state index in [1.807, 2.05) is 18.2 Å². The number of likely N-dealkylation sites (N-methyl/N-ethyl adjacent to an activating group) is 1. The summed E-state index contributed by atoms with van der Waals surface area (Å²) in [5.41, 5.74) is 1.14. The molecule has 0 aliphatic carbocycles. The molecule has 1 aliphatic heterocycles. The van der Waals surface area contributed by atoms with Gasteiger partial charge in [0.25, 0.3) is 0 Å². The van der Waals surface area contributed by atoms with E-state index < -0.39 is 0 Å². The van der Waals surface area contributed by atoms with Crippen LogP contribution in [0.2, 0.25) is 10.0 Å². The summed E-state index contributed by atoms with van der Waals surface area (Å²) in [6.45, 7) is 8.82. The number of rotatable bonds is 5. The van der Waals surface area contributed by atoms with Crippen LogP contribution >= 0.6 is 23.2 Å². The molecule has 2 rings (SSSR count). The van der Waals surface area contributed by atoms with E-state index >= 15 is 0 Å². The van der Waals surface area contributed by atoms with E-state index in [9.17, 15) is 0 Å². The fourth-order valence-corrected chi connectivity index (χ4v) is 3.07. The molecule has 0 amide bonds. The molecule has 0 radical (unpaired) electrons. The second-order valence-electron chi connectivity index (χ2n) is 5.41. The van der Waals surface area contributed by atoms with Crippen LogP contribution in [-0.4, -0.2) is 56.1 Å². The van der Waals surface area contributed by atoms with Gasteiger partial charge in [0, 0.05) is 55.4 Å². The molecule has 0 bridgehead atoms. The van der Waals surface area contributed by atoms with Crippen molar-refractivity contribution < 1.29 is 0 Å². The molecule has 1 fully saturated rings. The van der Waals surface area contributed by atoms with Gasteiger partial charge in [-0.1, -0.05) is 29.3 Å². The third-order valence-corrected chi connectivity index (χ3v) is 4.61. The van der Waals surface area contributed by atoms with Gasteiger partial charge >= 0.3 is 0 Å². The van der Waals surface area contributed by atoms with Gasteiger partial charge in [0.1, 0.15) is 0 Å². The summed E-state index contributed by atoms with van der Waals surface area (Å²) in [4.78, 5) is 4.85. The number of nitrogens with one attached hydrogen (secondary N) is 1. The van der Waals surface area contributed by atoms with E-state index in [4.69, 9.17) is 23.2 Å². The average molecular weight is 316 g/mol. The molecule has 112 valence electrons. The third kappa shape index (κ3) is 4.34. The Morgan fingerprint density at radius 3 is 2.65 bits per heavy atom. The van der Waals surface area contributed by atoms with Crippen LogP contribution in [0.4, 0.5) is 0 Å². The number of halogens is 2. The Bertz CT molecular complexity index is 433. The fraction of sp³-hybridized carbons (Fsp3) is 0.600. The van der Waals surface area contributed by atoms with Crippen molar-refractivity contribution in [2.24, 2.45) is 0 Å². The number of piperazine rings is 1. The highest BCUT2D eigenvalue weighted by atomic mass is 35.5. The first-order valence-corrected chi connectivity index (χ1v) is 7.92. The molecule has 1 aromatic carbocycles. The first-order chi connectivity index (χ1) is 9.58. The van der Waals surface area contributed by atoms with Gasteiger partial charge in [-0.3, -0.25) is 9.80 Å². The second-order valence-corrected chi connectivity index (χ2v) is 6.26. The van der Waals surface area contributed by atoms with Gasteiger partial charge in [0.2, 0.25) is 0 Å². The van der Waals surface area contributed by atoms with Crippen molar-refractivity contribution in [2.45, 2.75) is 13.0 Å². The predicted molar refractivity (Wildman–Crippen MR) is 86.8 cm³/mol. The van der Waals surface area contributed by atoms with Crippen LogP contribution < -0.4 is 5.32 Å². The van der Waals surface area contributed by atoms with Crippen molar-refractivity contribution in [3.8, 4) is 0 Å². The van der Waals surface area contributed by atoms with Crippen molar-refractivity contribution in [3.63, 3.8) is 0 Å². The van der Waals surface area contributed by atoms with Gasteiger partial charge in [-0.05, 0) is 31.7 Å². The number of benzene rings is 1. The van der Waals surface area contributed by atoms with E-state index in [-0.39, 0.29) is 0 Å². The lowest BCUT2D eigenvalue weighted by Crippen LogP contribution is -2.46. The maximum Gasteiger partial charge on any atom is 0.0468 e. The smallest absolute Gasteiger partial charge is 0.0468 e. The predicted octanol–water partition coefficient (Wildman–Crippen LogP) is 2.89. The van der Waals surface area contributed by atoms with E-state index in [2.05, 4.69) is 29.1 Å². The molecule has 0 aromatic heterocycles. The SMILES string of the molecule is CC(c1ccc(Cl)cc1Cl)N(C)CCN1CCNCC1. The summed E-state index contributed by atoms with van der Waals surface area (Å²) < 4.78 is 0. The number of hydrogen-bond acceptors (Lipinski definition) is 3. The molecule has 1 heterocycles. The second kappa shape index (κ2) is 7.62. The summed E-state index contributed by atoms with van der Waals surface area (Å²) in [6.07, 6.45) is 0. The minimum absolute atomic E-state index is 0.294. The van der Waals surface area contributed by atoms with Crippen LogP contribution in [-0.2, 0) is 0 Å². The van der Waals surface area contributed by atoms with Crippen molar-refractivity contribution in [3.05, 3.63) is 33.8 Å². The average Bonchev–Trinajstić information content (AvgIpc) is 2.45. The summed E-state index contributed by atoms with van der Waals surface area (Å²) in [5, 5.41) is 4.82. The molecular formula is C15H23Cl2N3. The zero-order valence-electron chi connectivity index (χ0n) is 12.2. The molecule has 1 saturated heterocycles. The Balaban J connectivity index is 1.89. The van der Waals surface area contributed by atoms with Crippen LogP contribution in [0.5, 0.6) is 0 Å². The molecule has 1 unspecified atom stereocenters. The molecule has 1 aliphatic rings. The van der Waals surface area contributed by atoms with Crippen LogP contribution in [0, 0.1) is 0 Å². The zero-order chi connectivity index (χ0) is 14.5. The first-order valence-electron chi connectivity index (χ1n) is 7.16. The number of hydrogen-bond donors (Lipinski definition) is 1. The fourth-order valence-electron chi connectivity index (χ4n) is 2.51. The van der Waals surface area contributed by atoms with Crippen LogP contribution in [0.3, 0.4) is 0 Å². The molecule has 0 spiro atoms. The summed E-state index contributed by atoms with van der Waals surface area (Å²) in [5.74, 6) is 0. The standard InChI is InChI=1S/C15H23Cl2N3/c1-12(14-4-3-13(16)11-15(14)17)19(2)9-10-20-7-5-18-6-8-20/h3-4,11-12,18H,5-10H2,1-2H3. The minimum Gasteiger partial charge on any atom is -0.314 e. The van der Waals surface area contributed by atoms with E-state index in [0.717, 1.165) is 49.9 Å². The molecule has 0 saturated carbocycles. The van der Waals surface area contributed by atoms with Crippen molar-refractivity contribution in [2.75, 3.05) is 46.3 Å². The van der Waals surface area contributed by atoms with Gasteiger partial charge < -0.3 is 5.32 Å².